The Hall–Kier alpha value is -3.38. The highest BCUT2D eigenvalue weighted by Crippen LogP contribution is 2.64. The summed E-state index contributed by atoms with van der Waals surface area (Å²) in [7, 11) is 0. The predicted molar refractivity (Wildman–Crippen MR) is 260 cm³/mol. The highest BCUT2D eigenvalue weighted by molar-refractivity contribution is 5.92. The quantitative estimate of drug-likeness (QED) is 0.219. The summed E-state index contributed by atoms with van der Waals surface area (Å²) in [4.78, 5) is 0. The molecule has 0 heteroatoms. The van der Waals surface area contributed by atoms with E-state index >= 15 is 0 Å². The van der Waals surface area contributed by atoms with Crippen molar-refractivity contribution in [1.82, 2.24) is 0 Å². The Morgan fingerprint density at radius 2 is 1.02 bits per heavy atom. The van der Waals surface area contributed by atoms with Crippen molar-refractivity contribution >= 4 is 11.1 Å². The van der Waals surface area contributed by atoms with Gasteiger partial charge in [-0.25, -0.2) is 0 Å². The van der Waals surface area contributed by atoms with Crippen molar-refractivity contribution in [1.29, 1.82) is 0 Å². The van der Waals surface area contributed by atoms with Crippen molar-refractivity contribution < 1.29 is 0 Å². The lowest BCUT2D eigenvalue weighted by molar-refractivity contribution is 0.0448. The van der Waals surface area contributed by atoms with E-state index in [-0.39, 0.29) is 22.2 Å². The lowest BCUT2D eigenvalue weighted by atomic mass is 9.51. The van der Waals surface area contributed by atoms with Crippen LogP contribution in [0.2, 0.25) is 0 Å². The molecule has 0 aliphatic heterocycles. The molecule has 7 rings (SSSR count). The number of unbranched alkanes of at least 4 members (excludes halogenated alkanes) is 2. The van der Waals surface area contributed by atoms with Crippen LogP contribution in [0.4, 0.5) is 0 Å². The normalized spacial score (nSPS) is 25.3. The van der Waals surface area contributed by atoms with Crippen LogP contribution in [0.3, 0.4) is 0 Å². The molecule has 0 fully saturated rings. The Labute approximate surface area is 362 Å². The van der Waals surface area contributed by atoms with E-state index in [9.17, 15) is 0 Å². The average molecular weight is 789 g/mol. The third-order valence-corrected chi connectivity index (χ3v) is 18.7. The number of benzene rings is 1. The molecule has 0 heterocycles. The van der Waals surface area contributed by atoms with Crippen molar-refractivity contribution in [3.05, 3.63) is 136 Å². The predicted octanol–water partition coefficient (Wildman–Crippen LogP) is 17.7. The van der Waals surface area contributed by atoms with Crippen molar-refractivity contribution in [2.45, 2.75) is 194 Å². The molecule has 4 atom stereocenters. The molecule has 4 unspecified atom stereocenters. The first-order valence-corrected chi connectivity index (χ1v) is 23.6. The van der Waals surface area contributed by atoms with Crippen molar-refractivity contribution in [2.24, 2.45) is 22.7 Å². The number of fused-ring (bicyclic) bond motifs is 3. The van der Waals surface area contributed by atoms with E-state index in [0.717, 1.165) is 12.8 Å². The number of allylic oxidation sites excluding steroid dienone is 18. The van der Waals surface area contributed by atoms with Gasteiger partial charge in [0, 0.05) is 23.7 Å². The van der Waals surface area contributed by atoms with E-state index in [2.05, 4.69) is 138 Å². The van der Waals surface area contributed by atoms with Gasteiger partial charge in [0.15, 0.2) is 0 Å². The summed E-state index contributed by atoms with van der Waals surface area (Å²) in [5.41, 5.74) is 36.8. The minimum atomic E-state index is -0.0683. The molecule has 0 radical (unpaired) electrons. The van der Waals surface area contributed by atoms with Crippen molar-refractivity contribution in [3.63, 3.8) is 0 Å². The second-order valence-electron chi connectivity index (χ2n) is 22.3. The standard InChI is InChI=1S/C59H80/c1-23-24-25-26-43-48-35(8)31(4)36(9)54(48)56(58(19,20)59(21,22)57(16,17)18)55-42(15)47(41(14)51(43)55)45-28-46(34(7)33(45)6)50-38(11)40(13)52-49(37(10)39(12)53(50)52)44-27-29(2)30(3)32(44)5/h35,37-38,42H,12-13,23-28H2,1-11,14-22H3. The summed E-state index contributed by atoms with van der Waals surface area (Å²) in [5, 5.41) is 0. The fourth-order valence-corrected chi connectivity index (χ4v) is 13.0. The van der Waals surface area contributed by atoms with Crippen LogP contribution in [0.1, 0.15) is 216 Å². The first kappa shape index (κ1) is 43.7. The molecule has 59 heavy (non-hydrogen) atoms. The minimum absolute atomic E-state index is 0.0375. The molecular weight excluding hydrogens is 709 g/mol. The van der Waals surface area contributed by atoms with E-state index in [1.54, 1.807) is 61.2 Å². The molecule has 0 bridgehead atoms. The molecule has 6 aliphatic rings. The zero-order valence-corrected chi connectivity index (χ0v) is 41.5. The van der Waals surface area contributed by atoms with Crippen LogP contribution >= 0.6 is 0 Å². The summed E-state index contributed by atoms with van der Waals surface area (Å²) in [5.74, 6) is 1.35. The van der Waals surface area contributed by atoms with Crippen LogP contribution in [0.15, 0.2) is 102 Å². The number of rotatable bonds is 9. The second kappa shape index (κ2) is 14.3. The van der Waals surface area contributed by atoms with Crippen LogP contribution < -0.4 is 0 Å². The van der Waals surface area contributed by atoms with Gasteiger partial charge >= 0.3 is 0 Å². The Bertz CT molecular complexity index is 2400. The first-order chi connectivity index (χ1) is 27.3. The second-order valence-corrected chi connectivity index (χ2v) is 22.3. The molecule has 0 nitrogen and oxygen atoms in total. The van der Waals surface area contributed by atoms with Crippen LogP contribution in [0, 0.1) is 22.7 Å². The minimum Gasteiger partial charge on any atom is -0.0946 e. The molecular formula is C59H80. The summed E-state index contributed by atoms with van der Waals surface area (Å²) in [6, 6.07) is 0. The third kappa shape index (κ3) is 5.79. The third-order valence-electron chi connectivity index (χ3n) is 18.7. The van der Waals surface area contributed by atoms with Gasteiger partial charge in [0.05, 0.1) is 0 Å². The van der Waals surface area contributed by atoms with Gasteiger partial charge in [-0.3, -0.25) is 0 Å². The van der Waals surface area contributed by atoms with Gasteiger partial charge in [0.25, 0.3) is 0 Å². The fraction of sp³-hybridized carbons (Fsp3) is 0.559. The maximum Gasteiger partial charge on any atom is 0.00761 e. The Morgan fingerprint density at radius 3 is 1.49 bits per heavy atom. The van der Waals surface area contributed by atoms with Crippen LogP contribution in [-0.4, -0.2) is 0 Å². The Balaban J connectivity index is 1.43. The van der Waals surface area contributed by atoms with Gasteiger partial charge < -0.3 is 0 Å². The molecule has 0 saturated carbocycles. The maximum atomic E-state index is 4.88. The lowest BCUT2D eigenvalue weighted by Gasteiger charge is -2.53. The van der Waals surface area contributed by atoms with Crippen LogP contribution in [0.25, 0.3) is 11.1 Å². The fourth-order valence-electron chi connectivity index (χ4n) is 13.0. The molecule has 0 spiro atoms. The van der Waals surface area contributed by atoms with E-state index < -0.39 is 0 Å². The smallest absolute Gasteiger partial charge is 0.00761 e. The summed E-state index contributed by atoms with van der Waals surface area (Å²) < 4.78 is 0. The van der Waals surface area contributed by atoms with Gasteiger partial charge in [-0.05, 0) is 220 Å². The highest BCUT2D eigenvalue weighted by atomic mass is 14.6. The molecule has 1 aromatic carbocycles. The molecule has 0 amide bonds. The molecule has 1 aromatic rings. The number of hydrogen-bond donors (Lipinski definition) is 0. The topological polar surface area (TPSA) is 0 Å². The Kier molecular flexibility index (Phi) is 10.6. The average Bonchev–Trinajstić information content (AvgIpc) is 3.90. The van der Waals surface area contributed by atoms with Gasteiger partial charge in [0.2, 0.25) is 0 Å². The summed E-state index contributed by atoms with van der Waals surface area (Å²) in [6.07, 6.45) is 7.01. The van der Waals surface area contributed by atoms with E-state index in [0.29, 0.717) is 17.8 Å². The van der Waals surface area contributed by atoms with Gasteiger partial charge in [-0.2, -0.15) is 0 Å². The summed E-state index contributed by atoms with van der Waals surface area (Å²) >= 11 is 0. The molecule has 316 valence electrons. The van der Waals surface area contributed by atoms with E-state index in [1.165, 1.54) is 98.1 Å². The molecule has 0 aromatic heterocycles. The monoisotopic (exact) mass is 789 g/mol. The zero-order chi connectivity index (χ0) is 43.9. The first-order valence-electron chi connectivity index (χ1n) is 23.6. The SMILES string of the molecule is C=C1C2=C(C3=C(C)C(C)=C(C4=C(C)c5c(CCCCC)c6c(c(C(C)(C)C(C)(C)C(C)(C)C)c5C4C)C(C)=C(C)C6C)C3)C(C)C(=C)C2=C(C2=C(C)C(C)=C(C)C2)C1C. The van der Waals surface area contributed by atoms with Crippen molar-refractivity contribution in [2.75, 3.05) is 0 Å². The largest absolute Gasteiger partial charge is 0.0946 e. The van der Waals surface area contributed by atoms with Crippen LogP contribution in [-0.2, 0) is 11.8 Å². The zero-order valence-electron chi connectivity index (χ0n) is 41.5. The van der Waals surface area contributed by atoms with Gasteiger partial charge in [-0.1, -0.05) is 120 Å². The van der Waals surface area contributed by atoms with Crippen molar-refractivity contribution in [3.8, 4) is 0 Å². The highest BCUT2D eigenvalue weighted by Gasteiger charge is 2.52. The summed E-state index contributed by atoms with van der Waals surface area (Å²) in [6.45, 7) is 59.0. The molecule has 6 aliphatic carbocycles. The molecule has 0 N–H and O–H groups in total. The van der Waals surface area contributed by atoms with Gasteiger partial charge in [0.1, 0.15) is 0 Å². The number of hydrogen-bond acceptors (Lipinski definition) is 0. The lowest BCUT2D eigenvalue weighted by Crippen LogP contribution is -2.47. The van der Waals surface area contributed by atoms with Crippen LogP contribution in [0.5, 0.6) is 0 Å². The van der Waals surface area contributed by atoms with Gasteiger partial charge in [-0.15, -0.1) is 0 Å². The molecule has 0 saturated heterocycles. The van der Waals surface area contributed by atoms with E-state index in [1.807, 2.05) is 0 Å². The maximum absolute atomic E-state index is 4.88. The van der Waals surface area contributed by atoms with E-state index in [4.69, 9.17) is 13.2 Å². The Morgan fingerprint density at radius 1 is 0.525 bits per heavy atom.